The number of ether oxygens (including phenoxy) is 1. The molecule has 0 saturated carbocycles. The van der Waals surface area contributed by atoms with Crippen molar-refractivity contribution in [2.45, 2.75) is 20.1 Å². The van der Waals surface area contributed by atoms with Crippen molar-refractivity contribution in [2.75, 3.05) is 0 Å². The fraction of sp³-hybridized carbons (Fsp3) is 0.250. The maximum atomic E-state index is 6.03. The molecule has 0 spiro atoms. The molecule has 17 heavy (non-hydrogen) atoms. The van der Waals surface area contributed by atoms with E-state index in [1.165, 1.54) is 0 Å². The molecule has 0 amide bonds. The number of rotatable bonds is 4. The van der Waals surface area contributed by atoms with Gasteiger partial charge in [0.1, 0.15) is 17.4 Å². The topological polar surface area (TPSA) is 48.1 Å². The van der Waals surface area contributed by atoms with Crippen LogP contribution in [0.1, 0.15) is 16.3 Å². The molecule has 90 valence electrons. The Morgan fingerprint density at radius 1 is 1.47 bits per heavy atom. The Balaban J connectivity index is 2.04. The fourth-order valence-corrected chi connectivity index (χ4v) is 2.21. The Kier molecular flexibility index (Phi) is 3.99. The van der Waals surface area contributed by atoms with Crippen LogP contribution in [0.4, 0.5) is 0 Å². The van der Waals surface area contributed by atoms with Crippen LogP contribution in [0.15, 0.2) is 23.6 Å². The van der Waals surface area contributed by atoms with Crippen molar-refractivity contribution >= 4 is 22.9 Å². The second kappa shape index (κ2) is 5.49. The van der Waals surface area contributed by atoms with Gasteiger partial charge in [-0.15, -0.1) is 11.3 Å². The van der Waals surface area contributed by atoms with Crippen LogP contribution < -0.4 is 10.5 Å². The zero-order valence-electron chi connectivity index (χ0n) is 9.44. The van der Waals surface area contributed by atoms with Gasteiger partial charge in [0.2, 0.25) is 0 Å². The molecule has 2 aromatic rings. The SMILES string of the molecule is Cc1ccc(Cl)c(OCc2csc(CN)n2)c1. The first-order valence-corrected chi connectivity index (χ1v) is 6.47. The highest BCUT2D eigenvalue weighted by Crippen LogP contribution is 2.26. The lowest BCUT2D eigenvalue weighted by molar-refractivity contribution is 0.302. The molecule has 0 aliphatic rings. The van der Waals surface area contributed by atoms with Crippen molar-refractivity contribution in [1.82, 2.24) is 4.98 Å². The summed E-state index contributed by atoms with van der Waals surface area (Å²) < 4.78 is 5.63. The van der Waals surface area contributed by atoms with Crippen LogP contribution >= 0.6 is 22.9 Å². The first kappa shape index (κ1) is 12.4. The molecule has 1 heterocycles. The van der Waals surface area contributed by atoms with E-state index in [1.807, 2.05) is 30.5 Å². The van der Waals surface area contributed by atoms with E-state index in [2.05, 4.69) is 4.98 Å². The lowest BCUT2D eigenvalue weighted by Crippen LogP contribution is -1.99. The van der Waals surface area contributed by atoms with E-state index in [-0.39, 0.29) is 0 Å². The molecule has 2 N–H and O–H groups in total. The molecule has 0 fully saturated rings. The molecular formula is C12H13ClN2OS. The third kappa shape index (κ3) is 3.19. The van der Waals surface area contributed by atoms with E-state index in [0.717, 1.165) is 16.3 Å². The predicted molar refractivity (Wildman–Crippen MR) is 70.5 cm³/mol. The molecular weight excluding hydrogens is 256 g/mol. The number of aromatic nitrogens is 1. The number of halogens is 1. The maximum absolute atomic E-state index is 6.03. The summed E-state index contributed by atoms with van der Waals surface area (Å²) in [5, 5.41) is 3.48. The Bertz CT molecular complexity index is 513. The second-order valence-electron chi connectivity index (χ2n) is 3.66. The van der Waals surface area contributed by atoms with E-state index in [0.29, 0.717) is 23.9 Å². The van der Waals surface area contributed by atoms with Crippen LogP contribution in [0.2, 0.25) is 5.02 Å². The average Bonchev–Trinajstić information content (AvgIpc) is 2.78. The molecule has 0 saturated heterocycles. The van der Waals surface area contributed by atoms with Crippen molar-refractivity contribution in [3.05, 3.63) is 44.9 Å². The van der Waals surface area contributed by atoms with Crippen molar-refractivity contribution in [3.8, 4) is 5.75 Å². The summed E-state index contributed by atoms with van der Waals surface area (Å²) in [5.74, 6) is 0.689. The fourth-order valence-electron chi connectivity index (χ4n) is 1.38. The molecule has 0 aliphatic carbocycles. The number of benzene rings is 1. The number of hydrogen-bond donors (Lipinski definition) is 1. The highest BCUT2D eigenvalue weighted by Gasteiger charge is 2.04. The van der Waals surface area contributed by atoms with Gasteiger partial charge < -0.3 is 10.5 Å². The third-order valence-electron chi connectivity index (χ3n) is 2.24. The Morgan fingerprint density at radius 2 is 2.29 bits per heavy atom. The first-order valence-electron chi connectivity index (χ1n) is 5.21. The third-order valence-corrected chi connectivity index (χ3v) is 3.47. The predicted octanol–water partition coefficient (Wildman–Crippen LogP) is 3.14. The largest absolute Gasteiger partial charge is 0.486 e. The molecule has 0 unspecified atom stereocenters. The van der Waals surface area contributed by atoms with Crippen LogP contribution in [-0.4, -0.2) is 4.98 Å². The standard InChI is InChI=1S/C12H13ClN2OS/c1-8-2-3-10(13)11(4-8)16-6-9-7-17-12(5-14)15-9/h2-4,7H,5-6,14H2,1H3. The lowest BCUT2D eigenvalue weighted by Gasteiger charge is -2.07. The van der Waals surface area contributed by atoms with E-state index < -0.39 is 0 Å². The van der Waals surface area contributed by atoms with Gasteiger partial charge in [-0.3, -0.25) is 0 Å². The van der Waals surface area contributed by atoms with Gasteiger partial charge in [0.05, 0.1) is 10.7 Å². The van der Waals surface area contributed by atoms with Crippen molar-refractivity contribution in [1.29, 1.82) is 0 Å². The van der Waals surface area contributed by atoms with Gasteiger partial charge in [0.15, 0.2) is 0 Å². The summed E-state index contributed by atoms with van der Waals surface area (Å²) in [6.07, 6.45) is 0. The zero-order valence-corrected chi connectivity index (χ0v) is 11.0. The van der Waals surface area contributed by atoms with Gasteiger partial charge in [-0.25, -0.2) is 4.98 Å². The van der Waals surface area contributed by atoms with Crippen LogP contribution in [0, 0.1) is 6.92 Å². The van der Waals surface area contributed by atoms with Gasteiger partial charge in [-0.05, 0) is 24.6 Å². The van der Waals surface area contributed by atoms with Crippen molar-refractivity contribution in [2.24, 2.45) is 5.73 Å². The maximum Gasteiger partial charge on any atom is 0.138 e. The number of thiazole rings is 1. The molecule has 5 heteroatoms. The Hall–Kier alpha value is -1.10. The normalized spacial score (nSPS) is 10.5. The number of aryl methyl sites for hydroxylation is 1. The van der Waals surface area contributed by atoms with E-state index in [1.54, 1.807) is 11.3 Å². The minimum atomic E-state index is 0.416. The minimum Gasteiger partial charge on any atom is -0.486 e. The van der Waals surface area contributed by atoms with Crippen LogP contribution in [0.5, 0.6) is 5.75 Å². The molecule has 0 aliphatic heterocycles. The monoisotopic (exact) mass is 268 g/mol. The molecule has 3 nitrogen and oxygen atoms in total. The summed E-state index contributed by atoms with van der Waals surface area (Å²) in [6.45, 7) is 2.88. The molecule has 0 radical (unpaired) electrons. The van der Waals surface area contributed by atoms with Gasteiger partial charge in [-0.1, -0.05) is 17.7 Å². The smallest absolute Gasteiger partial charge is 0.138 e. The Morgan fingerprint density at radius 3 is 3.00 bits per heavy atom. The van der Waals surface area contributed by atoms with Gasteiger partial charge in [0.25, 0.3) is 0 Å². The molecule has 1 aromatic carbocycles. The van der Waals surface area contributed by atoms with Crippen molar-refractivity contribution in [3.63, 3.8) is 0 Å². The molecule has 2 rings (SSSR count). The summed E-state index contributed by atoms with van der Waals surface area (Å²) >= 11 is 7.58. The zero-order chi connectivity index (χ0) is 12.3. The van der Waals surface area contributed by atoms with Crippen LogP contribution in [0.3, 0.4) is 0 Å². The summed E-state index contributed by atoms with van der Waals surface area (Å²) in [7, 11) is 0. The van der Waals surface area contributed by atoms with Crippen LogP contribution in [0.25, 0.3) is 0 Å². The summed E-state index contributed by atoms with van der Waals surface area (Å²) in [6, 6.07) is 5.70. The Labute approximate surface area is 109 Å². The van der Waals surface area contributed by atoms with E-state index in [4.69, 9.17) is 22.1 Å². The number of nitrogens with zero attached hydrogens (tertiary/aromatic N) is 1. The first-order chi connectivity index (χ1) is 8.19. The number of hydrogen-bond acceptors (Lipinski definition) is 4. The van der Waals surface area contributed by atoms with Gasteiger partial charge in [0, 0.05) is 11.9 Å². The molecule has 1 aromatic heterocycles. The number of nitrogens with two attached hydrogens (primary N) is 1. The van der Waals surface area contributed by atoms with E-state index >= 15 is 0 Å². The van der Waals surface area contributed by atoms with Gasteiger partial charge >= 0.3 is 0 Å². The lowest BCUT2D eigenvalue weighted by atomic mass is 10.2. The molecule has 0 bridgehead atoms. The van der Waals surface area contributed by atoms with Gasteiger partial charge in [-0.2, -0.15) is 0 Å². The highest BCUT2D eigenvalue weighted by molar-refractivity contribution is 7.09. The molecule has 0 atom stereocenters. The second-order valence-corrected chi connectivity index (χ2v) is 5.01. The van der Waals surface area contributed by atoms with Crippen molar-refractivity contribution < 1.29 is 4.74 Å². The summed E-state index contributed by atoms with van der Waals surface area (Å²) in [4.78, 5) is 4.32. The highest BCUT2D eigenvalue weighted by atomic mass is 35.5. The average molecular weight is 269 g/mol. The minimum absolute atomic E-state index is 0.416. The van der Waals surface area contributed by atoms with E-state index in [9.17, 15) is 0 Å². The quantitative estimate of drug-likeness (QED) is 0.927. The van der Waals surface area contributed by atoms with Crippen LogP contribution in [-0.2, 0) is 13.2 Å². The summed E-state index contributed by atoms with van der Waals surface area (Å²) in [5.41, 5.74) is 7.50.